The maximum absolute atomic E-state index is 10.6. The summed E-state index contributed by atoms with van der Waals surface area (Å²) in [6.07, 6.45) is 13.9. The molecule has 0 aliphatic heterocycles. The van der Waals surface area contributed by atoms with Crippen LogP contribution in [0.1, 0.15) is 84.0 Å². The van der Waals surface area contributed by atoms with Crippen LogP contribution < -0.4 is 4.74 Å². The van der Waals surface area contributed by atoms with Crippen molar-refractivity contribution in [3.05, 3.63) is 34.4 Å². The van der Waals surface area contributed by atoms with Crippen molar-refractivity contribution >= 4 is 5.69 Å². The summed E-state index contributed by atoms with van der Waals surface area (Å²) < 4.78 is 5.61. The Hall–Kier alpha value is -2.46. The first-order valence-electron chi connectivity index (χ1n) is 10.6. The predicted octanol–water partition coefficient (Wildman–Crippen LogP) is 6.68. The van der Waals surface area contributed by atoms with E-state index in [4.69, 9.17) is 4.74 Å². The lowest BCUT2D eigenvalue weighted by molar-refractivity contribution is -0.384. The van der Waals surface area contributed by atoms with E-state index >= 15 is 0 Å². The van der Waals surface area contributed by atoms with Crippen molar-refractivity contribution in [1.82, 2.24) is 0 Å². The molecule has 0 unspecified atom stereocenters. The van der Waals surface area contributed by atoms with Crippen LogP contribution >= 0.6 is 0 Å². The van der Waals surface area contributed by atoms with Crippen molar-refractivity contribution in [3.63, 3.8) is 0 Å². The summed E-state index contributed by atoms with van der Waals surface area (Å²) >= 11 is 0. The Morgan fingerprint density at radius 1 is 0.821 bits per heavy atom. The van der Waals surface area contributed by atoms with Gasteiger partial charge in [0.2, 0.25) is 0 Å². The molecule has 0 aliphatic rings. The normalized spacial score (nSPS) is 9.75. The second-order valence-corrected chi connectivity index (χ2v) is 6.89. The second kappa shape index (κ2) is 16.7. The van der Waals surface area contributed by atoms with Gasteiger partial charge >= 0.3 is 0 Å². The van der Waals surface area contributed by atoms with Crippen LogP contribution in [0, 0.1) is 33.8 Å². The van der Waals surface area contributed by atoms with Gasteiger partial charge < -0.3 is 4.74 Å². The Morgan fingerprint density at radius 2 is 1.36 bits per heavy atom. The van der Waals surface area contributed by atoms with E-state index in [1.165, 1.54) is 57.1 Å². The van der Waals surface area contributed by atoms with E-state index in [2.05, 4.69) is 30.6 Å². The van der Waals surface area contributed by atoms with Crippen molar-refractivity contribution in [1.29, 1.82) is 0 Å². The fourth-order valence-corrected chi connectivity index (χ4v) is 2.73. The number of ether oxygens (including phenoxy) is 1. The number of nitro benzene ring substituents is 1. The smallest absolute Gasteiger partial charge is 0.269 e. The SMILES string of the molecule is CCCCCC#CC#CCCCCCCCCCOc1ccc([N+](=O)[O-])cc1. The molecule has 0 spiro atoms. The lowest BCUT2D eigenvalue weighted by Crippen LogP contribution is -1.97. The molecule has 1 aromatic rings. The van der Waals surface area contributed by atoms with Crippen LogP contribution in [0.4, 0.5) is 5.69 Å². The first-order chi connectivity index (χ1) is 13.7. The summed E-state index contributed by atoms with van der Waals surface area (Å²) in [5.41, 5.74) is 0.0914. The van der Waals surface area contributed by atoms with Gasteiger partial charge in [0.15, 0.2) is 0 Å². The quantitative estimate of drug-likeness (QED) is 0.156. The molecule has 4 nitrogen and oxygen atoms in total. The van der Waals surface area contributed by atoms with Gasteiger partial charge in [-0.1, -0.05) is 63.7 Å². The number of unbranched alkanes of at least 4 members (excludes halogenated alkanes) is 10. The van der Waals surface area contributed by atoms with Crippen LogP contribution in [0.2, 0.25) is 0 Å². The molecule has 0 heterocycles. The third-order valence-corrected chi connectivity index (χ3v) is 4.41. The molecule has 1 aromatic carbocycles. The monoisotopic (exact) mass is 383 g/mol. The first-order valence-corrected chi connectivity index (χ1v) is 10.6. The van der Waals surface area contributed by atoms with Crippen molar-refractivity contribution in [2.24, 2.45) is 0 Å². The fraction of sp³-hybridized carbons (Fsp3) is 0.583. The highest BCUT2D eigenvalue weighted by Gasteiger charge is 2.03. The number of nitrogens with zero attached hydrogens (tertiary/aromatic N) is 1. The average molecular weight is 384 g/mol. The maximum atomic E-state index is 10.6. The molecule has 28 heavy (non-hydrogen) atoms. The molecule has 0 amide bonds. The number of hydrogen-bond acceptors (Lipinski definition) is 3. The van der Waals surface area contributed by atoms with Gasteiger partial charge in [-0.2, -0.15) is 0 Å². The zero-order valence-electron chi connectivity index (χ0n) is 17.2. The number of non-ortho nitro benzene ring substituents is 1. The van der Waals surface area contributed by atoms with Crippen LogP contribution in [-0.4, -0.2) is 11.5 Å². The second-order valence-electron chi connectivity index (χ2n) is 6.89. The molecule has 0 aliphatic carbocycles. The van der Waals surface area contributed by atoms with Crippen LogP contribution in [0.25, 0.3) is 0 Å². The highest BCUT2D eigenvalue weighted by atomic mass is 16.6. The van der Waals surface area contributed by atoms with E-state index in [0.29, 0.717) is 12.4 Å². The van der Waals surface area contributed by atoms with Gasteiger partial charge in [-0.25, -0.2) is 0 Å². The van der Waals surface area contributed by atoms with Crippen molar-refractivity contribution < 1.29 is 9.66 Å². The third-order valence-electron chi connectivity index (χ3n) is 4.41. The van der Waals surface area contributed by atoms with Crippen LogP contribution in [0.15, 0.2) is 24.3 Å². The van der Waals surface area contributed by atoms with Crippen molar-refractivity contribution in [2.75, 3.05) is 6.61 Å². The van der Waals surface area contributed by atoms with Gasteiger partial charge in [-0.3, -0.25) is 10.1 Å². The Kier molecular flexibility index (Phi) is 14.1. The van der Waals surface area contributed by atoms with Gasteiger partial charge in [-0.15, -0.1) is 0 Å². The van der Waals surface area contributed by atoms with Crippen molar-refractivity contribution in [3.8, 4) is 29.4 Å². The number of benzene rings is 1. The predicted molar refractivity (Wildman–Crippen MR) is 115 cm³/mol. The average Bonchev–Trinajstić information content (AvgIpc) is 2.70. The lowest BCUT2D eigenvalue weighted by Gasteiger charge is -2.05. The summed E-state index contributed by atoms with van der Waals surface area (Å²) in [7, 11) is 0. The standard InChI is InChI=1S/C24H33NO3/c1-2-3-4-5-6-7-8-9-10-11-12-13-14-15-16-17-22-28-24-20-18-23(19-21-24)25(26)27/h18-21H,2-5,10-17,22H2,1H3. The van der Waals surface area contributed by atoms with E-state index in [1.807, 2.05) is 0 Å². The minimum absolute atomic E-state index is 0.0914. The summed E-state index contributed by atoms with van der Waals surface area (Å²) in [5.74, 6) is 12.8. The molecular formula is C24H33NO3. The number of hydrogen-bond donors (Lipinski definition) is 0. The van der Waals surface area contributed by atoms with Gasteiger partial charge in [-0.05, 0) is 43.2 Å². The summed E-state index contributed by atoms with van der Waals surface area (Å²) in [6, 6.07) is 6.25. The molecule has 0 saturated carbocycles. The molecule has 0 saturated heterocycles. The molecule has 0 radical (unpaired) electrons. The minimum Gasteiger partial charge on any atom is -0.494 e. The van der Waals surface area contributed by atoms with Gasteiger partial charge in [0, 0.05) is 25.0 Å². The maximum Gasteiger partial charge on any atom is 0.269 e. The zero-order valence-corrected chi connectivity index (χ0v) is 17.2. The van der Waals surface area contributed by atoms with E-state index < -0.39 is 4.92 Å². The van der Waals surface area contributed by atoms with E-state index in [0.717, 1.165) is 32.1 Å². The summed E-state index contributed by atoms with van der Waals surface area (Å²) in [5, 5.41) is 10.6. The lowest BCUT2D eigenvalue weighted by atomic mass is 10.1. The summed E-state index contributed by atoms with van der Waals surface area (Å²) in [6.45, 7) is 2.86. The molecule has 0 fully saturated rings. The Morgan fingerprint density at radius 3 is 1.93 bits per heavy atom. The molecule has 0 bridgehead atoms. The van der Waals surface area contributed by atoms with Crippen LogP contribution in [0.3, 0.4) is 0 Å². The highest BCUT2D eigenvalue weighted by molar-refractivity contribution is 5.35. The van der Waals surface area contributed by atoms with Crippen molar-refractivity contribution in [2.45, 2.75) is 84.0 Å². The molecule has 4 heteroatoms. The molecule has 152 valence electrons. The Labute approximate surface area is 170 Å². The molecular weight excluding hydrogens is 350 g/mol. The topological polar surface area (TPSA) is 52.4 Å². The van der Waals surface area contributed by atoms with E-state index in [-0.39, 0.29) is 5.69 Å². The van der Waals surface area contributed by atoms with E-state index in [9.17, 15) is 10.1 Å². The zero-order chi connectivity index (χ0) is 20.3. The third kappa shape index (κ3) is 12.8. The Bertz CT molecular complexity index is 659. The minimum atomic E-state index is -0.403. The van der Waals surface area contributed by atoms with E-state index in [1.54, 1.807) is 12.1 Å². The summed E-state index contributed by atoms with van der Waals surface area (Å²) in [4.78, 5) is 10.2. The number of rotatable bonds is 14. The fourth-order valence-electron chi connectivity index (χ4n) is 2.73. The molecule has 0 N–H and O–H groups in total. The Balaban J connectivity index is 1.90. The van der Waals surface area contributed by atoms with Gasteiger partial charge in [0.25, 0.3) is 5.69 Å². The molecule has 0 atom stereocenters. The first kappa shape index (κ1) is 23.6. The molecule has 1 rings (SSSR count). The van der Waals surface area contributed by atoms with Crippen LogP contribution in [-0.2, 0) is 0 Å². The number of nitro groups is 1. The highest BCUT2D eigenvalue weighted by Crippen LogP contribution is 2.17. The van der Waals surface area contributed by atoms with Gasteiger partial charge in [0.05, 0.1) is 11.5 Å². The largest absolute Gasteiger partial charge is 0.494 e. The van der Waals surface area contributed by atoms with Gasteiger partial charge in [0.1, 0.15) is 5.75 Å². The molecule has 0 aromatic heterocycles. The van der Waals surface area contributed by atoms with Crippen LogP contribution in [0.5, 0.6) is 5.75 Å².